The first-order valence-corrected chi connectivity index (χ1v) is 13.7. The minimum atomic E-state index is -1.48. The Morgan fingerprint density at radius 1 is 0.973 bits per heavy atom. The second kappa shape index (κ2) is 9.53. The van der Waals surface area contributed by atoms with E-state index in [0.717, 1.165) is 32.5 Å². The van der Waals surface area contributed by atoms with Gasteiger partial charge in [0.15, 0.2) is 5.79 Å². The zero-order valence-electron chi connectivity index (χ0n) is 21.3. The summed E-state index contributed by atoms with van der Waals surface area (Å²) >= 11 is 0. The molecule has 3 saturated heterocycles. The van der Waals surface area contributed by atoms with Crippen LogP contribution in [0.2, 0.25) is 0 Å². The standard InChI is InChI=1S/C30H36N2O5/c1-2-20-16-23-27(24-17-26(37-30(20,24)36)22-10-6-7-11-25(22)33)29(35)32(28(23)34)21-12-14-31(15-13-21)18-19-8-4-3-5-9-19/h3-11,20-21,23-24,26-27,33,36H,2,12-18H2,1H3/t20-,23-,24-,26-,27-,30+/m0/s1. The van der Waals surface area contributed by atoms with E-state index in [9.17, 15) is 19.8 Å². The lowest BCUT2D eigenvalue weighted by atomic mass is 9.64. The summed E-state index contributed by atoms with van der Waals surface area (Å²) in [6.07, 6.45) is 2.55. The van der Waals surface area contributed by atoms with Crippen LogP contribution in [0.1, 0.15) is 56.3 Å². The fourth-order valence-corrected chi connectivity index (χ4v) is 7.46. The van der Waals surface area contributed by atoms with Crippen molar-refractivity contribution < 1.29 is 24.5 Å². The predicted octanol–water partition coefficient (Wildman–Crippen LogP) is 3.85. The molecule has 0 unspecified atom stereocenters. The number of nitrogens with zero attached hydrogens (tertiary/aromatic N) is 2. The van der Waals surface area contributed by atoms with Crippen molar-refractivity contribution in [2.45, 2.75) is 63.5 Å². The number of carbonyl (C=O) groups is 2. The molecule has 6 atom stereocenters. The highest BCUT2D eigenvalue weighted by molar-refractivity contribution is 6.05. The number of benzene rings is 2. The first-order valence-electron chi connectivity index (χ1n) is 13.7. The first-order chi connectivity index (χ1) is 17.9. The monoisotopic (exact) mass is 504 g/mol. The second-order valence-corrected chi connectivity index (χ2v) is 11.3. The number of likely N-dealkylation sites (tertiary alicyclic amines) is 2. The Balaban J connectivity index is 1.21. The van der Waals surface area contributed by atoms with E-state index in [0.29, 0.717) is 24.8 Å². The summed E-state index contributed by atoms with van der Waals surface area (Å²) in [5, 5.41) is 22.2. The van der Waals surface area contributed by atoms with E-state index in [2.05, 4.69) is 17.0 Å². The normalized spacial score (nSPS) is 34.5. The van der Waals surface area contributed by atoms with Gasteiger partial charge in [0.2, 0.25) is 11.8 Å². The molecule has 0 bridgehead atoms. The summed E-state index contributed by atoms with van der Waals surface area (Å²) in [5.74, 6) is -3.25. The van der Waals surface area contributed by atoms with Gasteiger partial charge in [-0.1, -0.05) is 55.5 Å². The minimum absolute atomic E-state index is 0.0667. The Hall–Kier alpha value is -2.74. The van der Waals surface area contributed by atoms with Crippen molar-refractivity contribution in [3.8, 4) is 5.75 Å². The van der Waals surface area contributed by atoms with E-state index in [-0.39, 0.29) is 29.5 Å². The number of piperidine rings is 1. The number of aliphatic hydroxyl groups is 1. The molecule has 2 amide bonds. The largest absolute Gasteiger partial charge is 0.508 e. The van der Waals surface area contributed by atoms with Crippen LogP contribution in [0, 0.1) is 23.7 Å². The lowest BCUT2D eigenvalue weighted by Gasteiger charge is -2.44. The lowest BCUT2D eigenvalue weighted by Crippen LogP contribution is -2.53. The van der Waals surface area contributed by atoms with Crippen molar-refractivity contribution in [3.05, 3.63) is 65.7 Å². The maximum absolute atomic E-state index is 13.9. The molecule has 0 aromatic heterocycles. The smallest absolute Gasteiger partial charge is 0.233 e. The Bertz CT molecular complexity index is 1160. The molecular weight excluding hydrogens is 468 g/mol. The van der Waals surface area contributed by atoms with Gasteiger partial charge >= 0.3 is 0 Å². The molecule has 7 nitrogen and oxygen atoms in total. The molecule has 2 N–H and O–H groups in total. The molecule has 3 heterocycles. The topological polar surface area (TPSA) is 90.3 Å². The van der Waals surface area contributed by atoms with Gasteiger partial charge in [0.1, 0.15) is 5.75 Å². The third-order valence-corrected chi connectivity index (χ3v) is 9.35. The third kappa shape index (κ3) is 4.08. The molecule has 2 aromatic rings. The van der Waals surface area contributed by atoms with E-state index in [4.69, 9.17) is 4.74 Å². The van der Waals surface area contributed by atoms with Crippen molar-refractivity contribution >= 4 is 11.8 Å². The average molecular weight is 505 g/mol. The quantitative estimate of drug-likeness (QED) is 0.601. The van der Waals surface area contributed by atoms with Crippen LogP contribution in [0.3, 0.4) is 0 Å². The third-order valence-electron chi connectivity index (χ3n) is 9.35. The van der Waals surface area contributed by atoms with Crippen LogP contribution >= 0.6 is 0 Å². The summed E-state index contributed by atoms with van der Waals surface area (Å²) in [6, 6.07) is 17.3. The number of fused-ring (bicyclic) bond motifs is 3. The number of phenolic OH excluding ortho intramolecular Hbond substituents is 1. The second-order valence-electron chi connectivity index (χ2n) is 11.3. The fraction of sp³-hybridized carbons (Fsp3) is 0.533. The number of hydrogen-bond donors (Lipinski definition) is 2. The summed E-state index contributed by atoms with van der Waals surface area (Å²) in [6.45, 7) is 4.56. The van der Waals surface area contributed by atoms with E-state index in [1.165, 1.54) is 5.56 Å². The molecule has 37 heavy (non-hydrogen) atoms. The number of imide groups is 1. The number of carbonyl (C=O) groups excluding carboxylic acids is 2. The van der Waals surface area contributed by atoms with E-state index < -0.39 is 29.6 Å². The molecule has 6 rings (SSSR count). The Kier molecular flexibility index (Phi) is 6.33. The van der Waals surface area contributed by atoms with Gasteiger partial charge in [-0.05, 0) is 43.7 Å². The summed E-state index contributed by atoms with van der Waals surface area (Å²) in [5.41, 5.74) is 1.89. The number of ether oxygens (including phenoxy) is 1. The highest BCUT2D eigenvalue weighted by Crippen LogP contribution is 2.59. The molecule has 1 saturated carbocycles. The van der Waals surface area contributed by atoms with Crippen LogP contribution in [0.25, 0.3) is 0 Å². The van der Waals surface area contributed by atoms with Gasteiger partial charge in [-0.3, -0.25) is 19.4 Å². The highest BCUT2D eigenvalue weighted by atomic mass is 16.6. The fourth-order valence-electron chi connectivity index (χ4n) is 7.46. The first kappa shape index (κ1) is 24.6. The zero-order chi connectivity index (χ0) is 25.7. The average Bonchev–Trinajstić information content (AvgIpc) is 3.38. The molecule has 1 aliphatic carbocycles. The highest BCUT2D eigenvalue weighted by Gasteiger charge is 2.67. The molecule has 0 spiro atoms. The van der Waals surface area contributed by atoms with Crippen molar-refractivity contribution in [2.24, 2.45) is 23.7 Å². The summed E-state index contributed by atoms with van der Waals surface area (Å²) < 4.78 is 6.27. The number of phenols is 1. The molecule has 4 aliphatic rings. The number of hydrogen-bond acceptors (Lipinski definition) is 6. The summed E-state index contributed by atoms with van der Waals surface area (Å²) in [4.78, 5) is 31.5. The van der Waals surface area contributed by atoms with Gasteiger partial charge in [-0.25, -0.2) is 0 Å². The minimum Gasteiger partial charge on any atom is -0.508 e. The van der Waals surface area contributed by atoms with Crippen LogP contribution in [0.4, 0.5) is 0 Å². The van der Waals surface area contributed by atoms with Gasteiger partial charge in [0, 0.05) is 43.1 Å². The van der Waals surface area contributed by atoms with Crippen molar-refractivity contribution in [2.75, 3.05) is 13.1 Å². The molecular formula is C30H36N2O5. The maximum Gasteiger partial charge on any atom is 0.233 e. The molecule has 0 radical (unpaired) electrons. The molecule has 4 fully saturated rings. The number of amides is 2. The van der Waals surface area contributed by atoms with Gasteiger partial charge in [-0.2, -0.15) is 0 Å². The van der Waals surface area contributed by atoms with Crippen molar-refractivity contribution in [3.63, 3.8) is 0 Å². The van der Waals surface area contributed by atoms with Crippen LogP contribution < -0.4 is 0 Å². The van der Waals surface area contributed by atoms with Crippen molar-refractivity contribution in [1.82, 2.24) is 9.80 Å². The zero-order valence-corrected chi connectivity index (χ0v) is 21.3. The van der Waals surface area contributed by atoms with E-state index in [1.54, 1.807) is 23.1 Å². The molecule has 196 valence electrons. The van der Waals surface area contributed by atoms with Crippen LogP contribution in [0.15, 0.2) is 54.6 Å². The maximum atomic E-state index is 13.9. The number of rotatable bonds is 5. The molecule has 3 aliphatic heterocycles. The molecule has 7 heteroatoms. The number of aromatic hydroxyl groups is 1. The Labute approximate surface area is 218 Å². The van der Waals surface area contributed by atoms with Gasteiger partial charge < -0.3 is 14.9 Å². The summed E-state index contributed by atoms with van der Waals surface area (Å²) in [7, 11) is 0. The van der Waals surface area contributed by atoms with Gasteiger partial charge in [0.05, 0.1) is 17.9 Å². The van der Waals surface area contributed by atoms with Gasteiger partial charge in [-0.15, -0.1) is 0 Å². The predicted molar refractivity (Wildman–Crippen MR) is 137 cm³/mol. The Morgan fingerprint density at radius 2 is 1.68 bits per heavy atom. The molecule has 2 aromatic carbocycles. The number of para-hydroxylation sites is 1. The van der Waals surface area contributed by atoms with E-state index >= 15 is 0 Å². The van der Waals surface area contributed by atoms with Crippen LogP contribution in [0.5, 0.6) is 5.75 Å². The van der Waals surface area contributed by atoms with E-state index in [1.807, 2.05) is 31.2 Å². The van der Waals surface area contributed by atoms with Crippen molar-refractivity contribution in [1.29, 1.82) is 0 Å². The Morgan fingerprint density at radius 3 is 2.38 bits per heavy atom. The SMILES string of the molecule is CC[C@H]1C[C@@H]2C(=O)N(C3CCN(Cc4ccccc4)CC3)C(=O)[C@@H]2[C@@H]2C[C@@H](c3ccccc3O)O[C@]12O. The lowest BCUT2D eigenvalue weighted by molar-refractivity contribution is -0.269. The van der Waals surface area contributed by atoms with Crippen LogP contribution in [-0.2, 0) is 20.9 Å². The van der Waals surface area contributed by atoms with Gasteiger partial charge in [0.25, 0.3) is 0 Å². The van der Waals surface area contributed by atoms with Crippen LogP contribution in [-0.4, -0.2) is 56.7 Å².